The first-order valence-electron chi connectivity index (χ1n) is 3.92. The van der Waals surface area contributed by atoms with Crippen LogP contribution in [0.3, 0.4) is 0 Å². The Kier molecular flexibility index (Phi) is 4.53. The average molecular weight is 279 g/mol. The normalized spacial score (nSPS) is 10.9. The highest BCUT2D eigenvalue weighted by molar-refractivity contribution is 9.23. The van der Waals surface area contributed by atoms with Gasteiger partial charge in [-0.05, 0) is 12.1 Å². The minimum atomic E-state index is -4.61. The van der Waals surface area contributed by atoms with E-state index in [1.807, 2.05) is 0 Å². The predicted octanol–water partition coefficient (Wildman–Crippen LogP) is 3.10. The number of rotatable bonds is 3. The van der Waals surface area contributed by atoms with Gasteiger partial charge in [-0.25, -0.2) is 0 Å². The van der Waals surface area contributed by atoms with Gasteiger partial charge in [0, 0.05) is 0 Å². The summed E-state index contributed by atoms with van der Waals surface area (Å²) in [6, 6.07) is 5.96. The zero-order valence-corrected chi connectivity index (χ0v) is 10.1. The molecule has 0 N–H and O–H groups in total. The van der Waals surface area contributed by atoms with Crippen LogP contribution in [-0.4, -0.2) is 24.6 Å². The number of benzene rings is 1. The molecule has 14 heavy (non-hydrogen) atoms. The minimum absolute atomic E-state index is 0.169. The number of hydrogen-bond acceptors (Lipinski definition) is 1. The molecule has 0 amide bonds. The second kappa shape index (κ2) is 5.23. The summed E-state index contributed by atoms with van der Waals surface area (Å²) in [6.07, 6.45) is -4.61. The van der Waals surface area contributed by atoms with Gasteiger partial charge >= 0.3 is 24.6 Å². The van der Waals surface area contributed by atoms with Crippen molar-refractivity contribution in [3.05, 3.63) is 29.8 Å². The summed E-state index contributed by atoms with van der Waals surface area (Å²) in [6.45, 7) is 0. The minimum Gasteiger partial charge on any atom is -0.406 e. The number of ether oxygens (including phenoxy) is 1. The molecule has 0 heterocycles. The fourth-order valence-electron chi connectivity index (χ4n) is 0.967. The lowest BCUT2D eigenvalue weighted by molar-refractivity contribution is -0.274. The lowest BCUT2D eigenvalue weighted by atomic mass is 10.2. The van der Waals surface area contributed by atoms with Gasteiger partial charge in [-0.2, -0.15) is 0 Å². The third-order valence-electron chi connectivity index (χ3n) is 1.54. The molecule has 1 aromatic rings. The molecule has 0 aliphatic rings. The Hall–Kier alpha value is 0.0562. The summed E-state index contributed by atoms with van der Waals surface area (Å²) in [5.74, 6) is -0.169. The van der Waals surface area contributed by atoms with Gasteiger partial charge in [0.15, 0.2) is 0 Å². The van der Waals surface area contributed by atoms with Gasteiger partial charge < -0.3 is 17.6 Å². The Balaban J connectivity index is 2.64. The summed E-state index contributed by atoms with van der Waals surface area (Å²) in [5, 5.41) is 0. The SMILES string of the molecule is FC(F)(F)Oc1ccc([CH2][Mg][Br])cc1. The van der Waals surface area contributed by atoms with Crippen molar-refractivity contribution in [1.82, 2.24) is 0 Å². The molecule has 1 aromatic carbocycles. The highest BCUT2D eigenvalue weighted by Crippen LogP contribution is 2.22. The smallest absolute Gasteiger partial charge is 0.406 e. The summed E-state index contributed by atoms with van der Waals surface area (Å²) in [5.41, 5.74) is 1.03. The van der Waals surface area contributed by atoms with Crippen LogP contribution in [0.15, 0.2) is 24.3 Å². The van der Waals surface area contributed by atoms with E-state index in [9.17, 15) is 13.2 Å². The van der Waals surface area contributed by atoms with Crippen molar-refractivity contribution in [1.29, 1.82) is 0 Å². The first kappa shape index (κ1) is 12.1. The summed E-state index contributed by atoms with van der Waals surface area (Å²) in [7, 11) is 0. The molecule has 0 spiro atoms. The van der Waals surface area contributed by atoms with Gasteiger partial charge in [0.2, 0.25) is 0 Å². The fraction of sp³-hybridized carbons (Fsp3) is 0.250. The van der Waals surface area contributed by atoms with Crippen molar-refractivity contribution in [2.24, 2.45) is 0 Å². The van der Waals surface area contributed by atoms with Crippen molar-refractivity contribution in [3.63, 3.8) is 0 Å². The molecular weight excluding hydrogens is 273 g/mol. The largest absolute Gasteiger partial charge is 0.573 e. The van der Waals surface area contributed by atoms with Crippen molar-refractivity contribution >= 4 is 31.1 Å². The van der Waals surface area contributed by atoms with E-state index in [1.54, 1.807) is 12.1 Å². The van der Waals surface area contributed by atoms with Crippen LogP contribution in [0.5, 0.6) is 5.75 Å². The number of halogens is 4. The van der Waals surface area contributed by atoms with Crippen molar-refractivity contribution in [2.45, 2.75) is 10.9 Å². The van der Waals surface area contributed by atoms with E-state index >= 15 is 0 Å². The first-order chi connectivity index (χ1) is 6.51. The second-order valence-corrected chi connectivity index (χ2v) is 5.89. The van der Waals surface area contributed by atoms with Crippen LogP contribution in [0, 0.1) is 0 Å². The van der Waals surface area contributed by atoms with Crippen LogP contribution in [0.25, 0.3) is 0 Å². The fourth-order valence-corrected chi connectivity index (χ4v) is 2.89. The summed E-state index contributed by atoms with van der Waals surface area (Å²) < 4.78 is 40.0. The molecule has 0 bridgehead atoms. The van der Waals surface area contributed by atoms with E-state index in [2.05, 4.69) is 17.6 Å². The van der Waals surface area contributed by atoms with Crippen LogP contribution >= 0.6 is 12.9 Å². The lowest BCUT2D eigenvalue weighted by Gasteiger charge is -2.08. The third-order valence-corrected chi connectivity index (χ3v) is 3.50. The topological polar surface area (TPSA) is 9.23 Å². The van der Waals surface area contributed by atoms with E-state index in [-0.39, 0.29) is 23.9 Å². The zero-order valence-electron chi connectivity index (χ0n) is 7.14. The quantitative estimate of drug-likeness (QED) is 0.773. The van der Waals surface area contributed by atoms with Gasteiger partial charge in [-0.15, -0.1) is 17.7 Å². The van der Waals surface area contributed by atoms with Crippen LogP contribution in [0.1, 0.15) is 5.56 Å². The van der Waals surface area contributed by atoms with Crippen LogP contribution < -0.4 is 4.74 Å². The molecule has 0 atom stereocenters. The van der Waals surface area contributed by atoms with E-state index in [1.165, 1.54) is 12.1 Å². The van der Waals surface area contributed by atoms with Gasteiger partial charge in [0.1, 0.15) is 5.75 Å². The zero-order chi connectivity index (χ0) is 10.6. The lowest BCUT2D eigenvalue weighted by Crippen LogP contribution is -2.17. The Labute approximate surface area is 95.2 Å². The summed E-state index contributed by atoms with van der Waals surface area (Å²) >= 11 is 3.10. The van der Waals surface area contributed by atoms with E-state index in [0.717, 1.165) is 10.1 Å². The second-order valence-electron chi connectivity index (χ2n) is 2.63. The number of alkyl halides is 3. The maximum absolute atomic E-state index is 11.8. The highest BCUT2D eigenvalue weighted by Gasteiger charge is 2.30. The van der Waals surface area contributed by atoms with E-state index in [4.69, 9.17) is 0 Å². The molecule has 0 saturated heterocycles. The van der Waals surface area contributed by atoms with E-state index < -0.39 is 6.36 Å². The standard InChI is InChI=1S/C8H6F3O.BrH.Mg/c1-6-2-4-7(5-3-6)12-8(9,10)11;;/h2-5H,1H2;1H;/q;;+1/p-1. The van der Waals surface area contributed by atoms with Crippen molar-refractivity contribution in [2.75, 3.05) is 0 Å². The molecule has 0 aliphatic heterocycles. The maximum Gasteiger partial charge on any atom is 0.573 e. The summed E-state index contributed by atoms with van der Waals surface area (Å²) in [4.78, 5) is 0. The van der Waals surface area contributed by atoms with Crippen LogP contribution in [0.2, 0.25) is 0 Å². The first-order valence-corrected chi connectivity index (χ1v) is 8.82. The molecular formula is C8H6BrF3MgO. The molecule has 74 valence electrons. The Morgan fingerprint density at radius 1 is 1.21 bits per heavy atom. The maximum atomic E-state index is 11.8. The average Bonchev–Trinajstić information content (AvgIpc) is 2.06. The predicted molar refractivity (Wildman–Crippen MR) is 51.5 cm³/mol. The van der Waals surface area contributed by atoms with E-state index in [0.29, 0.717) is 0 Å². The van der Waals surface area contributed by atoms with Crippen LogP contribution in [-0.2, 0) is 4.55 Å². The molecule has 0 radical (unpaired) electrons. The number of hydrogen-bond donors (Lipinski definition) is 0. The van der Waals surface area contributed by atoms with Gasteiger partial charge in [-0.3, -0.25) is 0 Å². The van der Waals surface area contributed by atoms with Gasteiger partial charge in [0.25, 0.3) is 0 Å². The Morgan fingerprint density at radius 2 is 1.79 bits per heavy atom. The molecule has 0 aliphatic carbocycles. The Bertz CT molecular complexity index is 286. The molecule has 0 aromatic heterocycles. The van der Waals surface area contributed by atoms with Crippen molar-refractivity contribution < 1.29 is 17.9 Å². The molecule has 0 fully saturated rings. The van der Waals surface area contributed by atoms with Crippen molar-refractivity contribution in [3.8, 4) is 5.75 Å². The molecule has 1 rings (SSSR count). The van der Waals surface area contributed by atoms with Crippen LogP contribution in [0.4, 0.5) is 13.2 Å². The highest BCUT2D eigenvalue weighted by atomic mass is 79.9. The Morgan fingerprint density at radius 3 is 2.21 bits per heavy atom. The molecule has 0 unspecified atom stereocenters. The van der Waals surface area contributed by atoms with Gasteiger partial charge in [-0.1, -0.05) is 17.7 Å². The molecule has 0 saturated carbocycles. The molecule has 6 heteroatoms. The van der Waals surface area contributed by atoms with Gasteiger partial charge in [0.05, 0.1) is 0 Å². The monoisotopic (exact) mass is 278 g/mol. The molecule has 1 nitrogen and oxygen atoms in total. The third kappa shape index (κ3) is 4.52.